The molecular formula is C15H21N3OS. The largest absolute Gasteiger partial charge is 0.330 e. The van der Waals surface area contributed by atoms with Gasteiger partial charge in [0.15, 0.2) is 5.13 Å². The number of carbonyl (C=O) groups is 1. The number of nitrogens with two attached hydrogens (primary N) is 1. The van der Waals surface area contributed by atoms with Gasteiger partial charge in [-0.1, -0.05) is 37.3 Å². The Morgan fingerprint density at radius 3 is 2.80 bits per heavy atom. The van der Waals surface area contributed by atoms with Gasteiger partial charge in [-0.15, -0.1) is 0 Å². The first kappa shape index (κ1) is 14.9. The van der Waals surface area contributed by atoms with Crippen molar-refractivity contribution in [3.05, 3.63) is 24.3 Å². The lowest BCUT2D eigenvalue weighted by atomic mass is 9.94. The Morgan fingerprint density at radius 2 is 2.15 bits per heavy atom. The number of nitrogens with one attached hydrogen (secondary N) is 1. The number of nitrogens with zero attached hydrogens (tertiary/aromatic N) is 1. The highest BCUT2D eigenvalue weighted by Gasteiger charge is 2.15. The maximum Gasteiger partial charge on any atom is 0.226 e. The second kappa shape index (κ2) is 6.81. The number of rotatable bonds is 6. The third-order valence-electron chi connectivity index (χ3n) is 3.15. The third-order valence-corrected chi connectivity index (χ3v) is 4.10. The fourth-order valence-corrected chi connectivity index (χ4v) is 3.17. The predicted octanol–water partition coefficient (Wildman–Crippen LogP) is 3.25. The van der Waals surface area contributed by atoms with Crippen molar-refractivity contribution in [3.8, 4) is 0 Å². The third kappa shape index (κ3) is 4.02. The molecule has 108 valence electrons. The minimum Gasteiger partial charge on any atom is -0.330 e. The Balaban J connectivity index is 1.96. The first-order valence-electron chi connectivity index (χ1n) is 6.94. The summed E-state index contributed by atoms with van der Waals surface area (Å²) in [5.41, 5.74) is 6.65. The van der Waals surface area contributed by atoms with Crippen LogP contribution < -0.4 is 11.1 Å². The minimum absolute atomic E-state index is 0.000145. The molecule has 0 radical (unpaired) electrons. The monoisotopic (exact) mass is 291 g/mol. The van der Waals surface area contributed by atoms with Crippen LogP contribution in [0.15, 0.2) is 24.3 Å². The van der Waals surface area contributed by atoms with Gasteiger partial charge in [0.1, 0.15) is 0 Å². The molecule has 1 atom stereocenters. The highest BCUT2D eigenvalue weighted by Crippen LogP contribution is 2.25. The van der Waals surface area contributed by atoms with Crippen molar-refractivity contribution in [2.75, 3.05) is 11.9 Å². The first-order valence-corrected chi connectivity index (χ1v) is 7.75. The molecule has 0 spiro atoms. The van der Waals surface area contributed by atoms with Crippen molar-refractivity contribution in [2.24, 2.45) is 17.6 Å². The lowest BCUT2D eigenvalue weighted by molar-refractivity contribution is -0.117. The normalized spacial score (nSPS) is 12.8. The van der Waals surface area contributed by atoms with E-state index in [0.29, 0.717) is 24.0 Å². The van der Waals surface area contributed by atoms with E-state index in [1.807, 2.05) is 24.3 Å². The Labute approximate surface area is 123 Å². The van der Waals surface area contributed by atoms with E-state index in [2.05, 4.69) is 24.1 Å². The molecule has 3 N–H and O–H groups in total. The Bertz CT molecular complexity index is 546. The van der Waals surface area contributed by atoms with Crippen LogP contribution in [0.25, 0.3) is 10.2 Å². The summed E-state index contributed by atoms with van der Waals surface area (Å²) in [6.45, 7) is 4.84. The summed E-state index contributed by atoms with van der Waals surface area (Å²) in [5, 5.41) is 3.55. The number of para-hydroxylation sites is 1. The fraction of sp³-hybridized carbons (Fsp3) is 0.467. The number of aromatic nitrogens is 1. The summed E-state index contributed by atoms with van der Waals surface area (Å²) in [7, 11) is 0. The number of hydrogen-bond acceptors (Lipinski definition) is 4. The molecule has 0 bridgehead atoms. The molecule has 0 saturated carbocycles. The Hall–Kier alpha value is -1.46. The molecule has 4 nitrogen and oxygen atoms in total. The van der Waals surface area contributed by atoms with Crippen molar-refractivity contribution in [1.82, 2.24) is 4.98 Å². The molecule has 20 heavy (non-hydrogen) atoms. The van der Waals surface area contributed by atoms with E-state index in [4.69, 9.17) is 5.73 Å². The van der Waals surface area contributed by atoms with E-state index in [0.717, 1.165) is 16.6 Å². The number of anilines is 1. The first-order chi connectivity index (χ1) is 9.58. The summed E-state index contributed by atoms with van der Waals surface area (Å²) in [6.07, 6.45) is 1.44. The molecule has 2 aromatic rings. The average Bonchev–Trinajstić information content (AvgIpc) is 2.79. The van der Waals surface area contributed by atoms with Gasteiger partial charge in [0.05, 0.1) is 10.2 Å². The second-order valence-electron chi connectivity index (χ2n) is 5.47. The van der Waals surface area contributed by atoms with E-state index in [1.165, 1.54) is 11.3 Å². The van der Waals surface area contributed by atoms with Crippen LogP contribution in [-0.4, -0.2) is 17.4 Å². The molecule has 5 heteroatoms. The van der Waals surface area contributed by atoms with Gasteiger partial charge in [-0.25, -0.2) is 4.98 Å². The minimum atomic E-state index is 0.000145. The number of amides is 1. The van der Waals surface area contributed by atoms with Crippen molar-refractivity contribution >= 4 is 32.6 Å². The van der Waals surface area contributed by atoms with Gasteiger partial charge < -0.3 is 11.1 Å². The Kier molecular flexibility index (Phi) is 5.09. The van der Waals surface area contributed by atoms with Gasteiger partial charge in [-0.3, -0.25) is 4.79 Å². The van der Waals surface area contributed by atoms with Crippen molar-refractivity contribution in [1.29, 1.82) is 0 Å². The van der Waals surface area contributed by atoms with Crippen molar-refractivity contribution in [2.45, 2.75) is 26.7 Å². The number of carbonyl (C=O) groups excluding carboxylic acids is 1. The molecule has 1 aromatic heterocycles. The standard InChI is InChI=1S/C15H21N3OS/c1-10(2)7-11(9-16)8-14(19)18-15-17-12-5-3-4-6-13(12)20-15/h3-6,10-11H,7-9,16H2,1-2H3,(H,17,18,19)/t11-/m0/s1. The average molecular weight is 291 g/mol. The quantitative estimate of drug-likeness (QED) is 0.858. The van der Waals surface area contributed by atoms with Gasteiger partial charge in [0, 0.05) is 6.42 Å². The topological polar surface area (TPSA) is 68.0 Å². The summed E-state index contributed by atoms with van der Waals surface area (Å²) in [6, 6.07) is 7.87. The van der Waals surface area contributed by atoms with E-state index >= 15 is 0 Å². The zero-order chi connectivity index (χ0) is 14.5. The zero-order valence-electron chi connectivity index (χ0n) is 11.9. The summed E-state index contributed by atoms with van der Waals surface area (Å²) < 4.78 is 1.08. The van der Waals surface area contributed by atoms with Crippen LogP contribution in [0, 0.1) is 11.8 Å². The second-order valence-corrected chi connectivity index (χ2v) is 6.50. The van der Waals surface area contributed by atoms with Gasteiger partial charge in [-0.05, 0) is 36.9 Å². The summed E-state index contributed by atoms with van der Waals surface area (Å²) >= 11 is 1.50. The van der Waals surface area contributed by atoms with E-state index in [-0.39, 0.29) is 11.8 Å². The van der Waals surface area contributed by atoms with E-state index in [1.54, 1.807) is 0 Å². The van der Waals surface area contributed by atoms with Crippen LogP contribution in [0.5, 0.6) is 0 Å². The van der Waals surface area contributed by atoms with Gasteiger partial charge in [-0.2, -0.15) is 0 Å². The Morgan fingerprint density at radius 1 is 1.40 bits per heavy atom. The van der Waals surface area contributed by atoms with Crippen molar-refractivity contribution < 1.29 is 4.79 Å². The maximum absolute atomic E-state index is 12.0. The van der Waals surface area contributed by atoms with Crippen molar-refractivity contribution in [3.63, 3.8) is 0 Å². The van der Waals surface area contributed by atoms with Crippen LogP contribution in [0.3, 0.4) is 0 Å². The van der Waals surface area contributed by atoms with Crippen LogP contribution in [-0.2, 0) is 4.79 Å². The number of thiazole rings is 1. The zero-order valence-corrected chi connectivity index (χ0v) is 12.7. The van der Waals surface area contributed by atoms with Crippen LogP contribution in [0.4, 0.5) is 5.13 Å². The highest BCUT2D eigenvalue weighted by molar-refractivity contribution is 7.22. The summed E-state index contributed by atoms with van der Waals surface area (Å²) in [4.78, 5) is 16.4. The van der Waals surface area contributed by atoms with Crippen LogP contribution >= 0.6 is 11.3 Å². The predicted molar refractivity (Wildman–Crippen MR) is 84.9 cm³/mol. The lowest BCUT2D eigenvalue weighted by Crippen LogP contribution is -2.23. The molecule has 1 heterocycles. The van der Waals surface area contributed by atoms with E-state index < -0.39 is 0 Å². The molecule has 1 aromatic carbocycles. The SMILES string of the molecule is CC(C)C[C@H](CN)CC(=O)Nc1nc2ccccc2s1. The smallest absolute Gasteiger partial charge is 0.226 e. The van der Waals surface area contributed by atoms with Crippen LogP contribution in [0.2, 0.25) is 0 Å². The molecule has 0 fully saturated rings. The molecule has 0 saturated heterocycles. The molecule has 1 amide bonds. The maximum atomic E-state index is 12.0. The van der Waals surface area contributed by atoms with Gasteiger partial charge in [0.25, 0.3) is 0 Å². The van der Waals surface area contributed by atoms with Gasteiger partial charge >= 0.3 is 0 Å². The van der Waals surface area contributed by atoms with Crippen LogP contribution in [0.1, 0.15) is 26.7 Å². The fourth-order valence-electron chi connectivity index (χ4n) is 2.29. The molecule has 0 aliphatic rings. The number of benzene rings is 1. The molecule has 2 rings (SSSR count). The number of fused-ring (bicyclic) bond motifs is 1. The number of hydrogen-bond donors (Lipinski definition) is 2. The highest BCUT2D eigenvalue weighted by atomic mass is 32.1. The lowest BCUT2D eigenvalue weighted by Gasteiger charge is -2.15. The molecular weight excluding hydrogens is 270 g/mol. The van der Waals surface area contributed by atoms with E-state index in [9.17, 15) is 4.79 Å². The van der Waals surface area contributed by atoms with Gasteiger partial charge in [0.2, 0.25) is 5.91 Å². The molecule has 0 aliphatic carbocycles. The summed E-state index contributed by atoms with van der Waals surface area (Å²) in [5.74, 6) is 0.795. The molecule has 0 aliphatic heterocycles. The molecule has 0 unspecified atom stereocenters.